The third kappa shape index (κ3) is 3.92. The van der Waals surface area contributed by atoms with Crippen LogP contribution in [0.25, 0.3) is 0 Å². The fourth-order valence-electron chi connectivity index (χ4n) is 4.58. The highest BCUT2D eigenvalue weighted by atomic mass is 16.5. The van der Waals surface area contributed by atoms with Crippen LogP contribution in [0.3, 0.4) is 0 Å². The van der Waals surface area contributed by atoms with Crippen molar-refractivity contribution in [2.24, 2.45) is 0 Å². The summed E-state index contributed by atoms with van der Waals surface area (Å²) in [5.74, 6) is 1.84. The molecule has 1 aromatic carbocycles. The van der Waals surface area contributed by atoms with Crippen molar-refractivity contribution < 1.29 is 14.3 Å². The predicted octanol–water partition coefficient (Wildman–Crippen LogP) is 3.26. The Hall–Kier alpha value is -3.81. The summed E-state index contributed by atoms with van der Waals surface area (Å²) in [6.45, 7) is 2.94. The van der Waals surface area contributed by atoms with Gasteiger partial charge < -0.3 is 9.64 Å². The average Bonchev–Trinajstić information content (AvgIpc) is 3.45. The Morgan fingerprint density at radius 2 is 2.06 bits per heavy atom. The van der Waals surface area contributed by atoms with E-state index in [0.717, 1.165) is 35.4 Å². The zero-order chi connectivity index (χ0) is 22.9. The lowest BCUT2D eigenvalue weighted by molar-refractivity contribution is -0.117. The van der Waals surface area contributed by atoms with E-state index in [1.807, 2.05) is 37.3 Å². The number of aromatic nitrogens is 3. The number of ether oxygens (including phenoxy) is 1. The molecule has 2 aromatic heterocycles. The Bertz CT molecular complexity index is 1210. The van der Waals surface area contributed by atoms with Crippen LogP contribution in [0.5, 0.6) is 5.75 Å². The topological polar surface area (TPSA) is 88.5 Å². The highest BCUT2D eigenvalue weighted by Crippen LogP contribution is 2.36. The molecule has 0 spiro atoms. The number of hydrogen-bond donors (Lipinski definition) is 0. The molecule has 4 heterocycles. The number of fused-ring (bicyclic) bond motifs is 1. The van der Waals surface area contributed by atoms with Gasteiger partial charge in [-0.3, -0.25) is 19.5 Å². The molecule has 2 aliphatic heterocycles. The summed E-state index contributed by atoms with van der Waals surface area (Å²) in [7, 11) is 1.62. The van der Waals surface area contributed by atoms with Gasteiger partial charge in [-0.05, 0) is 49.6 Å². The van der Waals surface area contributed by atoms with Gasteiger partial charge >= 0.3 is 0 Å². The Morgan fingerprint density at radius 1 is 1.18 bits per heavy atom. The molecule has 1 unspecified atom stereocenters. The summed E-state index contributed by atoms with van der Waals surface area (Å²) in [5, 5.41) is 0. The summed E-state index contributed by atoms with van der Waals surface area (Å²) >= 11 is 0. The minimum atomic E-state index is -0.238. The first-order valence-corrected chi connectivity index (χ1v) is 11.1. The Balaban J connectivity index is 1.47. The molecule has 0 radical (unpaired) electrons. The maximum absolute atomic E-state index is 13.1. The number of aryl methyl sites for hydroxylation is 1. The van der Waals surface area contributed by atoms with E-state index < -0.39 is 0 Å². The SMILES string of the molecule is COc1cccc(CN2C(=O)Cc3c(C)nc(C4CCCN4C(=O)c4ccccn4)nc32)c1. The molecule has 33 heavy (non-hydrogen) atoms. The molecule has 2 amide bonds. The fourth-order valence-corrected chi connectivity index (χ4v) is 4.58. The third-order valence-electron chi connectivity index (χ3n) is 6.26. The number of nitrogens with zero attached hydrogens (tertiary/aromatic N) is 5. The average molecular weight is 444 g/mol. The first kappa shape index (κ1) is 21.1. The van der Waals surface area contributed by atoms with Crippen LogP contribution in [0.15, 0.2) is 48.7 Å². The van der Waals surface area contributed by atoms with E-state index in [2.05, 4.69) is 4.98 Å². The lowest BCUT2D eigenvalue weighted by atomic mass is 10.1. The maximum Gasteiger partial charge on any atom is 0.273 e. The van der Waals surface area contributed by atoms with E-state index in [-0.39, 0.29) is 24.3 Å². The van der Waals surface area contributed by atoms with Crippen LogP contribution >= 0.6 is 0 Å². The Labute approximate surface area is 192 Å². The molecule has 0 saturated carbocycles. The number of anilines is 1. The van der Waals surface area contributed by atoms with Gasteiger partial charge in [0.2, 0.25) is 5.91 Å². The zero-order valence-electron chi connectivity index (χ0n) is 18.7. The van der Waals surface area contributed by atoms with Crippen LogP contribution in [0.4, 0.5) is 5.82 Å². The van der Waals surface area contributed by atoms with E-state index in [1.165, 1.54) is 0 Å². The molecule has 2 aliphatic rings. The van der Waals surface area contributed by atoms with Crippen molar-refractivity contribution in [3.05, 3.63) is 77.0 Å². The van der Waals surface area contributed by atoms with Gasteiger partial charge in [0.25, 0.3) is 5.91 Å². The number of rotatable bonds is 5. The molecule has 0 bridgehead atoms. The first-order valence-electron chi connectivity index (χ1n) is 11.1. The largest absolute Gasteiger partial charge is 0.497 e. The number of likely N-dealkylation sites (tertiary alicyclic amines) is 1. The summed E-state index contributed by atoms with van der Waals surface area (Å²) in [6.07, 6.45) is 3.55. The zero-order valence-corrected chi connectivity index (χ0v) is 18.7. The van der Waals surface area contributed by atoms with Gasteiger partial charge in [-0.1, -0.05) is 18.2 Å². The highest BCUT2D eigenvalue weighted by Gasteiger charge is 2.37. The molecule has 1 saturated heterocycles. The highest BCUT2D eigenvalue weighted by molar-refractivity contribution is 6.00. The van der Waals surface area contributed by atoms with Gasteiger partial charge in [-0.2, -0.15) is 0 Å². The molecule has 0 aliphatic carbocycles. The molecule has 5 rings (SSSR count). The van der Waals surface area contributed by atoms with Crippen molar-refractivity contribution in [1.82, 2.24) is 19.9 Å². The monoisotopic (exact) mass is 443 g/mol. The summed E-state index contributed by atoms with van der Waals surface area (Å²) in [4.78, 5) is 43.3. The van der Waals surface area contributed by atoms with Crippen molar-refractivity contribution in [3.8, 4) is 5.75 Å². The van der Waals surface area contributed by atoms with E-state index in [0.29, 0.717) is 30.4 Å². The molecule has 1 fully saturated rings. The third-order valence-corrected chi connectivity index (χ3v) is 6.26. The van der Waals surface area contributed by atoms with Crippen molar-refractivity contribution in [2.45, 2.75) is 38.8 Å². The van der Waals surface area contributed by atoms with Crippen molar-refractivity contribution >= 4 is 17.6 Å². The van der Waals surface area contributed by atoms with Gasteiger partial charge in [0.05, 0.1) is 26.1 Å². The Morgan fingerprint density at radius 3 is 2.85 bits per heavy atom. The summed E-state index contributed by atoms with van der Waals surface area (Å²) < 4.78 is 5.32. The molecular formula is C25H25N5O3. The van der Waals surface area contributed by atoms with E-state index in [1.54, 1.807) is 35.2 Å². The molecule has 0 N–H and O–H groups in total. The lowest BCUT2D eigenvalue weighted by Gasteiger charge is -2.25. The Kier molecular flexibility index (Phi) is 5.50. The van der Waals surface area contributed by atoms with E-state index in [4.69, 9.17) is 14.7 Å². The smallest absolute Gasteiger partial charge is 0.273 e. The van der Waals surface area contributed by atoms with Crippen LogP contribution in [-0.2, 0) is 17.8 Å². The second kappa shape index (κ2) is 8.61. The van der Waals surface area contributed by atoms with Gasteiger partial charge in [0.15, 0.2) is 5.82 Å². The molecular weight excluding hydrogens is 418 g/mol. The molecule has 3 aromatic rings. The molecule has 8 nitrogen and oxygen atoms in total. The number of hydrogen-bond acceptors (Lipinski definition) is 6. The number of benzene rings is 1. The quantitative estimate of drug-likeness (QED) is 0.602. The van der Waals surface area contributed by atoms with Crippen LogP contribution in [-0.4, -0.2) is 45.3 Å². The first-order chi connectivity index (χ1) is 16.0. The van der Waals surface area contributed by atoms with Crippen molar-refractivity contribution in [2.75, 3.05) is 18.6 Å². The maximum atomic E-state index is 13.1. The van der Waals surface area contributed by atoms with Crippen LogP contribution in [0.1, 0.15) is 52.0 Å². The number of carbonyl (C=O) groups excluding carboxylic acids is 2. The predicted molar refractivity (Wildman–Crippen MR) is 122 cm³/mol. The molecule has 168 valence electrons. The normalized spacial score (nSPS) is 17.4. The number of amides is 2. The minimum Gasteiger partial charge on any atom is -0.497 e. The lowest BCUT2D eigenvalue weighted by Crippen LogP contribution is -2.32. The number of carbonyl (C=O) groups is 2. The number of methoxy groups -OCH3 is 1. The second-order valence-electron chi connectivity index (χ2n) is 8.35. The van der Waals surface area contributed by atoms with E-state index in [9.17, 15) is 9.59 Å². The van der Waals surface area contributed by atoms with Crippen molar-refractivity contribution in [1.29, 1.82) is 0 Å². The van der Waals surface area contributed by atoms with Crippen LogP contribution in [0, 0.1) is 6.92 Å². The second-order valence-corrected chi connectivity index (χ2v) is 8.35. The van der Waals surface area contributed by atoms with Gasteiger partial charge in [-0.25, -0.2) is 9.97 Å². The van der Waals surface area contributed by atoms with Crippen molar-refractivity contribution in [3.63, 3.8) is 0 Å². The number of pyridine rings is 1. The van der Waals surface area contributed by atoms with E-state index >= 15 is 0 Å². The molecule has 8 heteroatoms. The van der Waals surface area contributed by atoms with Gasteiger partial charge in [0.1, 0.15) is 17.3 Å². The van der Waals surface area contributed by atoms with Gasteiger partial charge in [-0.15, -0.1) is 0 Å². The van der Waals surface area contributed by atoms with Crippen LogP contribution in [0.2, 0.25) is 0 Å². The van der Waals surface area contributed by atoms with Gasteiger partial charge in [0, 0.05) is 24.0 Å². The fraction of sp³-hybridized carbons (Fsp3) is 0.320. The van der Waals surface area contributed by atoms with Crippen LogP contribution < -0.4 is 9.64 Å². The molecule has 1 atom stereocenters. The minimum absolute atomic E-state index is 0.00444. The standard InChI is InChI=1S/C25H25N5O3/c1-16-19-14-22(31)30(15-17-7-5-8-18(13-17)33-2)24(19)28-23(27-16)21-10-6-12-29(21)25(32)20-9-3-4-11-26-20/h3-5,7-9,11,13,21H,6,10,12,14-15H2,1-2H3. The summed E-state index contributed by atoms with van der Waals surface area (Å²) in [6, 6.07) is 12.8. The summed E-state index contributed by atoms with van der Waals surface area (Å²) in [5.41, 5.74) is 3.01.